The van der Waals surface area contributed by atoms with Crippen LogP contribution in [0.4, 0.5) is 4.39 Å². The Balaban J connectivity index is 1.66. The average Bonchev–Trinajstić information content (AvgIpc) is 2.89. The molecular weight excluding hydrogens is 323 g/mol. The Bertz CT molecular complexity index is 854. The molecule has 0 aliphatic heterocycles. The lowest BCUT2D eigenvalue weighted by atomic mass is 10.2. The summed E-state index contributed by atoms with van der Waals surface area (Å²) >= 11 is 0. The van der Waals surface area contributed by atoms with Gasteiger partial charge >= 0.3 is 0 Å². The van der Waals surface area contributed by atoms with Crippen LogP contribution in [0.15, 0.2) is 54.6 Å². The summed E-state index contributed by atoms with van der Waals surface area (Å²) in [5.41, 5.74) is 4.96. The Labute approximate surface area is 143 Å². The van der Waals surface area contributed by atoms with E-state index in [2.05, 4.69) is 5.10 Å². The highest BCUT2D eigenvalue weighted by Crippen LogP contribution is 2.15. The molecule has 1 atom stereocenters. The lowest BCUT2D eigenvalue weighted by molar-refractivity contribution is 0.627. The third-order valence-electron chi connectivity index (χ3n) is 3.76. The zero-order chi connectivity index (χ0) is 17.1. The molecule has 0 bridgehead atoms. The van der Waals surface area contributed by atoms with E-state index in [1.807, 2.05) is 48.9 Å². The Morgan fingerprint density at radius 3 is 2.00 bits per heavy atom. The lowest BCUT2D eigenvalue weighted by Crippen LogP contribution is -2.02. The van der Waals surface area contributed by atoms with Crippen molar-refractivity contribution in [3.05, 3.63) is 82.9 Å². The van der Waals surface area contributed by atoms with Crippen LogP contribution >= 0.6 is 0 Å². The van der Waals surface area contributed by atoms with Crippen LogP contribution < -0.4 is 0 Å². The molecule has 0 saturated carbocycles. The number of aryl methyl sites for hydroxylation is 2. The summed E-state index contributed by atoms with van der Waals surface area (Å²) in [6.07, 6.45) is 0. The largest absolute Gasteiger partial charge is 0.259 e. The molecule has 2 aromatic carbocycles. The monoisotopic (exact) mass is 342 g/mol. The molecule has 0 saturated heterocycles. The van der Waals surface area contributed by atoms with Crippen LogP contribution in [-0.4, -0.2) is 14.0 Å². The maximum absolute atomic E-state index is 12.9. The summed E-state index contributed by atoms with van der Waals surface area (Å²) in [7, 11) is -1.02. The normalized spacial score (nSPS) is 12.3. The number of nitrogens with zero attached hydrogens (tertiary/aromatic N) is 2. The first kappa shape index (κ1) is 16.6. The summed E-state index contributed by atoms with van der Waals surface area (Å²) in [5.74, 6) is 0.637. The predicted octanol–water partition coefficient (Wildman–Crippen LogP) is 4.08. The fourth-order valence-corrected chi connectivity index (χ4v) is 3.86. The molecule has 0 spiro atoms. The van der Waals surface area contributed by atoms with E-state index in [1.165, 1.54) is 12.1 Å². The average molecular weight is 342 g/mol. The minimum atomic E-state index is -1.02. The number of benzene rings is 2. The Kier molecular flexibility index (Phi) is 4.90. The fourth-order valence-electron chi connectivity index (χ4n) is 2.63. The van der Waals surface area contributed by atoms with E-state index in [0.717, 1.165) is 28.2 Å². The molecule has 1 heterocycles. The summed E-state index contributed by atoms with van der Waals surface area (Å²) in [6, 6.07) is 16.1. The molecule has 5 heteroatoms. The maximum atomic E-state index is 12.9. The van der Waals surface area contributed by atoms with Crippen LogP contribution in [0.1, 0.15) is 22.5 Å². The number of hydrogen-bond donors (Lipinski definition) is 0. The van der Waals surface area contributed by atoms with E-state index in [0.29, 0.717) is 11.5 Å². The second-order valence-electron chi connectivity index (χ2n) is 5.86. The number of halogens is 1. The molecule has 3 nitrogen and oxygen atoms in total. The molecule has 1 unspecified atom stereocenters. The standard InChI is InChI=1S/C19H19FN2OS/c1-14-11-15(2)22(21-14)19-9-5-17(6-10-19)13-24(23)12-16-3-7-18(20)8-4-16/h3-11H,12-13H2,1-2H3. The van der Waals surface area contributed by atoms with Gasteiger partial charge in [0.2, 0.25) is 0 Å². The van der Waals surface area contributed by atoms with E-state index in [4.69, 9.17) is 0 Å². The number of hydrogen-bond acceptors (Lipinski definition) is 2. The van der Waals surface area contributed by atoms with Crippen molar-refractivity contribution in [1.29, 1.82) is 0 Å². The zero-order valence-corrected chi connectivity index (χ0v) is 14.5. The van der Waals surface area contributed by atoms with E-state index in [9.17, 15) is 8.60 Å². The third-order valence-corrected chi connectivity index (χ3v) is 5.07. The van der Waals surface area contributed by atoms with Gasteiger partial charge in [0.05, 0.1) is 11.4 Å². The highest BCUT2D eigenvalue weighted by Gasteiger charge is 2.06. The second kappa shape index (κ2) is 7.09. The molecule has 1 aromatic heterocycles. The summed E-state index contributed by atoms with van der Waals surface area (Å²) in [5, 5.41) is 4.46. The Hall–Kier alpha value is -2.27. The van der Waals surface area contributed by atoms with E-state index < -0.39 is 10.8 Å². The Morgan fingerprint density at radius 1 is 0.958 bits per heavy atom. The molecule has 0 radical (unpaired) electrons. The van der Waals surface area contributed by atoms with Crippen LogP contribution in [0.2, 0.25) is 0 Å². The molecule has 3 aromatic rings. The van der Waals surface area contributed by atoms with Gasteiger partial charge in [-0.3, -0.25) is 4.21 Å². The van der Waals surface area contributed by atoms with Crippen LogP contribution in [0.25, 0.3) is 5.69 Å². The Morgan fingerprint density at radius 2 is 1.50 bits per heavy atom. The molecule has 0 aliphatic carbocycles. The minimum Gasteiger partial charge on any atom is -0.259 e. The van der Waals surface area contributed by atoms with Crippen LogP contribution in [0.5, 0.6) is 0 Å². The molecule has 0 fully saturated rings. The fraction of sp³-hybridized carbons (Fsp3) is 0.211. The second-order valence-corrected chi connectivity index (χ2v) is 7.32. The van der Waals surface area contributed by atoms with Gasteiger partial charge in [0, 0.05) is 28.0 Å². The van der Waals surface area contributed by atoms with Gasteiger partial charge in [0.25, 0.3) is 0 Å². The van der Waals surface area contributed by atoms with Gasteiger partial charge in [-0.2, -0.15) is 5.10 Å². The first-order valence-electron chi connectivity index (χ1n) is 7.73. The first-order chi connectivity index (χ1) is 11.5. The van der Waals surface area contributed by atoms with Gasteiger partial charge in [0.15, 0.2) is 0 Å². The van der Waals surface area contributed by atoms with E-state index >= 15 is 0 Å². The van der Waals surface area contributed by atoms with Gasteiger partial charge in [-0.05, 0) is 55.3 Å². The number of aromatic nitrogens is 2. The van der Waals surface area contributed by atoms with E-state index in [-0.39, 0.29) is 5.82 Å². The topological polar surface area (TPSA) is 34.9 Å². The van der Waals surface area contributed by atoms with Crippen LogP contribution in [0, 0.1) is 19.7 Å². The highest BCUT2D eigenvalue weighted by molar-refractivity contribution is 7.83. The van der Waals surface area contributed by atoms with Crippen LogP contribution in [-0.2, 0) is 22.3 Å². The molecule has 0 aliphatic rings. The minimum absolute atomic E-state index is 0.274. The summed E-state index contributed by atoms with van der Waals surface area (Å²) in [6.45, 7) is 3.99. The molecule has 0 amide bonds. The predicted molar refractivity (Wildman–Crippen MR) is 95.0 cm³/mol. The van der Waals surface area contributed by atoms with Gasteiger partial charge in [-0.1, -0.05) is 24.3 Å². The number of rotatable bonds is 5. The highest BCUT2D eigenvalue weighted by atomic mass is 32.2. The molecule has 124 valence electrons. The van der Waals surface area contributed by atoms with Crippen molar-refractivity contribution in [3.8, 4) is 5.69 Å². The van der Waals surface area contributed by atoms with Gasteiger partial charge < -0.3 is 0 Å². The smallest absolute Gasteiger partial charge is 0.123 e. The molecular formula is C19H19FN2OS. The van der Waals surface area contributed by atoms with Gasteiger partial charge in [-0.25, -0.2) is 9.07 Å². The third kappa shape index (κ3) is 3.97. The zero-order valence-electron chi connectivity index (χ0n) is 13.7. The SMILES string of the molecule is Cc1cc(C)n(-c2ccc(CS(=O)Cc3ccc(F)cc3)cc2)n1. The first-order valence-corrected chi connectivity index (χ1v) is 9.22. The van der Waals surface area contributed by atoms with Crippen molar-refractivity contribution in [2.24, 2.45) is 0 Å². The molecule has 3 rings (SSSR count). The summed E-state index contributed by atoms with van der Waals surface area (Å²) < 4.78 is 27.1. The van der Waals surface area contributed by atoms with Crippen molar-refractivity contribution < 1.29 is 8.60 Å². The van der Waals surface area contributed by atoms with Crippen molar-refractivity contribution in [2.45, 2.75) is 25.4 Å². The van der Waals surface area contributed by atoms with Gasteiger partial charge in [0.1, 0.15) is 5.82 Å². The summed E-state index contributed by atoms with van der Waals surface area (Å²) in [4.78, 5) is 0. The quantitative estimate of drug-likeness (QED) is 0.700. The van der Waals surface area contributed by atoms with Crippen LogP contribution in [0.3, 0.4) is 0 Å². The molecule has 24 heavy (non-hydrogen) atoms. The van der Waals surface area contributed by atoms with Crippen molar-refractivity contribution in [1.82, 2.24) is 9.78 Å². The van der Waals surface area contributed by atoms with Crippen molar-refractivity contribution in [2.75, 3.05) is 0 Å². The van der Waals surface area contributed by atoms with Crippen molar-refractivity contribution in [3.63, 3.8) is 0 Å². The van der Waals surface area contributed by atoms with Crippen molar-refractivity contribution >= 4 is 10.8 Å². The lowest BCUT2D eigenvalue weighted by Gasteiger charge is -2.07. The molecule has 0 N–H and O–H groups in total. The maximum Gasteiger partial charge on any atom is 0.123 e. The van der Waals surface area contributed by atoms with E-state index in [1.54, 1.807) is 12.1 Å². The van der Waals surface area contributed by atoms with Gasteiger partial charge in [-0.15, -0.1) is 0 Å².